The minimum absolute atomic E-state index is 0.0114. The predicted molar refractivity (Wildman–Crippen MR) is 133 cm³/mol. The van der Waals surface area contributed by atoms with Gasteiger partial charge in [-0.05, 0) is 55.0 Å². The average molecular weight is 455 g/mol. The van der Waals surface area contributed by atoms with Crippen molar-refractivity contribution in [1.29, 1.82) is 0 Å². The van der Waals surface area contributed by atoms with Gasteiger partial charge in [0.05, 0.1) is 10.2 Å². The normalized spacial score (nSPS) is 14.9. The van der Waals surface area contributed by atoms with Crippen LogP contribution in [0.4, 0.5) is 5.13 Å². The molecule has 1 saturated heterocycles. The van der Waals surface area contributed by atoms with E-state index in [1.165, 1.54) is 15.8 Å². The maximum absolute atomic E-state index is 12.5. The SMILES string of the molecule is CCSc1cccc(C(=O)NCCN2CCN(c3nc4c(C)cc(C)cc4s3)CC2)c1. The standard InChI is InChI=1S/C24H30N4OS2/c1-4-30-20-7-5-6-19(16-20)23(29)25-8-9-27-10-12-28(13-11-27)24-26-22-18(3)14-17(2)15-21(22)31-24/h5-7,14-16H,4,8-13H2,1-3H3,(H,25,29). The fourth-order valence-electron chi connectivity index (χ4n) is 3.98. The fraction of sp³-hybridized carbons (Fsp3) is 0.417. The van der Waals surface area contributed by atoms with Crippen LogP contribution in [0.5, 0.6) is 0 Å². The Balaban J connectivity index is 1.26. The number of carbonyl (C=O) groups excluding carboxylic acids is 1. The van der Waals surface area contributed by atoms with Gasteiger partial charge in [-0.2, -0.15) is 0 Å². The van der Waals surface area contributed by atoms with Crippen LogP contribution in [0.1, 0.15) is 28.4 Å². The highest BCUT2D eigenvalue weighted by Crippen LogP contribution is 2.32. The minimum Gasteiger partial charge on any atom is -0.351 e. The number of hydrogen-bond donors (Lipinski definition) is 1. The molecule has 1 aromatic heterocycles. The third kappa shape index (κ3) is 5.40. The number of hydrogen-bond acceptors (Lipinski definition) is 6. The molecule has 0 atom stereocenters. The highest BCUT2D eigenvalue weighted by Gasteiger charge is 2.20. The van der Waals surface area contributed by atoms with Crippen LogP contribution >= 0.6 is 23.1 Å². The van der Waals surface area contributed by atoms with Crippen molar-refractivity contribution in [2.75, 3.05) is 49.9 Å². The van der Waals surface area contributed by atoms with Gasteiger partial charge in [-0.3, -0.25) is 9.69 Å². The van der Waals surface area contributed by atoms with Gasteiger partial charge < -0.3 is 10.2 Å². The van der Waals surface area contributed by atoms with Crippen LogP contribution in [-0.4, -0.2) is 60.8 Å². The van der Waals surface area contributed by atoms with Crippen molar-refractivity contribution >= 4 is 44.4 Å². The van der Waals surface area contributed by atoms with Crippen molar-refractivity contribution in [3.63, 3.8) is 0 Å². The molecule has 1 amide bonds. The maximum Gasteiger partial charge on any atom is 0.251 e. The Labute approximate surface area is 192 Å². The lowest BCUT2D eigenvalue weighted by Gasteiger charge is -2.34. The molecule has 0 unspecified atom stereocenters. The summed E-state index contributed by atoms with van der Waals surface area (Å²) in [5, 5.41) is 4.20. The molecule has 1 aliphatic heterocycles. The average Bonchev–Trinajstić information content (AvgIpc) is 3.19. The van der Waals surface area contributed by atoms with E-state index in [4.69, 9.17) is 4.98 Å². The van der Waals surface area contributed by atoms with Gasteiger partial charge in [0.2, 0.25) is 0 Å². The van der Waals surface area contributed by atoms with Gasteiger partial charge in [-0.15, -0.1) is 11.8 Å². The third-order valence-electron chi connectivity index (χ3n) is 5.58. The van der Waals surface area contributed by atoms with E-state index >= 15 is 0 Å². The Bertz CT molecular complexity index is 1060. The number of piperazine rings is 1. The van der Waals surface area contributed by atoms with E-state index in [9.17, 15) is 4.79 Å². The highest BCUT2D eigenvalue weighted by molar-refractivity contribution is 7.99. The van der Waals surface area contributed by atoms with Gasteiger partial charge in [0.25, 0.3) is 5.91 Å². The zero-order valence-electron chi connectivity index (χ0n) is 18.5. The molecule has 0 spiro atoms. The number of thiazole rings is 1. The minimum atomic E-state index is 0.0114. The molecule has 31 heavy (non-hydrogen) atoms. The van der Waals surface area contributed by atoms with Crippen LogP contribution in [-0.2, 0) is 0 Å². The van der Waals surface area contributed by atoms with Crippen LogP contribution in [0.3, 0.4) is 0 Å². The number of nitrogens with zero attached hydrogens (tertiary/aromatic N) is 3. The van der Waals surface area contributed by atoms with E-state index < -0.39 is 0 Å². The van der Waals surface area contributed by atoms with E-state index in [1.807, 2.05) is 18.2 Å². The molecule has 0 radical (unpaired) electrons. The second-order valence-corrected chi connectivity index (χ2v) is 10.3. The molecule has 0 saturated carbocycles. The number of aromatic nitrogens is 1. The Kier molecular flexibility index (Phi) is 7.15. The molecule has 2 aromatic carbocycles. The zero-order chi connectivity index (χ0) is 21.8. The summed E-state index contributed by atoms with van der Waals surface area (Å²) < 4.78 is 1.28. The molecule has 0 aliphatic carbocycles. The number of carbonyl (C=O) groups is 1. The number of fused-ring (bicyclic) bond motifs is 1. The van der Waals surface area contributed by atoms with Gasteiger partial charge in [0, 0.05) is 49.7 Å². The first-order chi connectivity index (χ1) is 15.0. The molecule has 1 N–H and O–H groups in total. The molecular weight excluding hydrogens is 424 g/mol. The molecule has 164 valence electrons. The summed E-state index contributed by atoms with van der Waals surface area (Å²) >= 11 is 3.55. The third-order valence-corrected chi connectivity index (χ3v) is 7.52. The lowest BCUT2D eigenvalue weighted by molar-refractivity contribution is 0.0947. The van der Waals surface area contributed by atoms with Crippen LogP contribution in [0.15, 0.2) is 41.3 Å². The molecule has 1 fully saturated rings. The smallest absolute Gasteiger partial charge is 0.251 e. The van der Waals surface area contributed by atoms with Gasteiger partial charge in [0.1, 0.15) is 0 Å². The summed E-state index contributed by atoms with van der Waals surface area (Å²) in [7, 11) is 0. The topological polar surface area (TPSA) is 48.5 Å². The predicted octanol–water partition coefficient (Wildman–Crippen LogP) is 4.58. The van der Waals surface area contributed by atoms with Crippen molar-refractivity contribution in [2.45, 2.75) is 25.7 Å². The quantitative estimate of drug-likeness (QED) is 0.530. The van der Waals surface area contributed by atoms with E-state index in [0.717, 1.165) is 59.6 Å². The monoisotopic (exact) mass is 454 g/mol. The first-order valence-electron chi connectivity index (χ1n) is 10.9. The highest BCUT2D eigenvalue weighted by atomic mass is 32.2. The van der Waals surface area contributed by atoms with E-state index in [2.05, 4.69) is 54.1 Å². The Morgan fingerprint density at radius 3 is 2.74 bits per heavy atom. The number of nitrogens with one attached hydrogen (secondary N) is 1. The number of amides is 1. The molecule has 7 heteroatoms. The number of anilines is 1. The summed E-state index contributed by atoms with van der Waals surface area (Å²) in [4.78, 5) is 23.3. The molecular formula is C24H30N4OS2. The summed E-state index contributed by atoms with van der Waals surface area (Å²) in [6.45, 7) is 11.9. The van der Waals surface area contributed by atoms with Gasteiger partial charge in [0.15, 0.2) is 5.13 Å². The second kappa shape index (κ2) is 10.0. The number of rotatable bonds is 7. The zero-order valence-corrected chi connectivity index (χ0v) is 20.1. The van der Waals surface area contributed by atoms with E-state index in [-0.39, 0.29) is 5.91 Å². The summed E-state index contributed by atoms with van der Waals surface area (Å²) in [5.74, 6) is 1.02. The van der Waals surface area contributed by atoms with Crippen LogP contribution < -0.4 is 10.2 Å². The van der Waals surface area contributed by atoms with Crippen molar-refractivity contribution in [3.8, 4) is 0 Å². The number of thioether (sulfide) groups is 1. The summed E-state index contributed by atoms with van der Waals surface area (Å²) in [6, 6.07) is 12.3. The molecule has 0 bridgehead atoms. The number of benzene rings is 2. The van der Waals surface area contributed by atoms with E-state index in [0.29, 0.717) is 6.54 Å². The first-order valence-corrected chi connectivity index (χ1v) is 12.7. The maximum atomic E-state index is 12.5. The van der Waals surface area contributed by atoms with Crippen LogP contribution in [0, 0.1) is 13.8 Å². The molecule has 3 aromatic rings. The van der Waals surface area contributed by atoms with Crippen molar-refractivity contribution in [2.24, 2.45) is 0 Å². The second-order valence-electron chi connectivity index (χ2n) is 7.97. The largest absolute Gasteiger partial charge is 0.351 e. The molecule has 2 heterocycles. The fourth-order valence-corrected chi connectivity index (χ4v) is 5.89. The molecule has 4 rings (SSSR count). The van der Waals surface area contributed by atoms with Gasteiger partial charge in [-0.1, -0.05) is 30.4 Å². The Hall–Kier alpha value is -2.09. The lowest BCUT2D eigenvalue weighted by atomic mass is 10.1. The van der Waals surface area contributed by atoms with Crippen molar-refractivity contribution in [3.05, 3.63) is 53.1 Å². The summed E-state index contributed by atoms with van der Waals surface area (Å²) in [5.41, 5.74) is 4.43. The van der Waals surface area contributed by atoms with Crippen LogP contribution in [0.2, 0.25) is 0 Å². The molecule has 5 nitrogen and oxygen atoms in total. The Morgan fingerprint density at radius 1 is 1.16 bits per heavy atom. The number of aryl methyl sites for hydroxylation is 2. The van der Waals surface area contributed by atoms with Crippen molar-refractivity contribution in [1.82, 2.24) is 15.2 Å². The van der Waals surface area contributed by atoms with Gasteiger partial charge in [-0.25, -0.2) is 4.98 Å². The van der Waals surface area contributed by atoms with Crippen molar-refractivity contribution < 1.29 is 4.79 Å². The van der Waals surface area contributed by atoms with Gasteiger partial charge >= 0.3 is 0 Å². The lowest BCUT2D eigenvalue weighted by Crippen LogP contribution is -2.48. The first kappa shape index (κ1) is 22.1. The summed E-state index contributed by atoms with van der Waals surface area (Å²) in [6.07, 6.45) is 0. The molecule has 1 aliphatic rings. The van der Waals surface area contributed by atoms with E-state index in [1.54, 1.807) is 23.1 Å². The van der Waals surface area contributed by atoms with Crippen LogP contribution in [0.25, 0.3) is 10.2 Å². The Morgan fingerprint density at radius 2 is 1.97 bits per heavy atom.